The summed E-state index contributed by atoms with van der Waals surface area (Å²) in [5.41, 5.74) is 0.858. The standard InChI is InChI=1S/C20H27N3O5S/c1-4-10-21-29-13-14(2)19-18(20(26)23(19)11-17(25)27-3)22-16(24)12-28-15-8-6-5-7-9-15/h5-9,13,18-19,21H,4,10-12H2,1-3H3,(H,22,24). The first-order valence-electron chi connectivity index (χ1n) is 9.37. The number of para-hydroxylation sites is 1. The number of methoxy groups -OCH3 is 1. The van der Waals surface area contributed by atoms with Gasteiger partial charge in [0.2, 0.25) is 5.91 Å². The van der Waals surface area contributed by atoms with Crippen LogP contribution in [-0.4, -0.2) is 61.6 Å². The summed E-state index contributed by atoms with van der Waals surface area (Å²) in [5.74, 6) is -0.668. The second kappa shape index (κ2) is 11.5. The highest BCUT2D eigenvalue weighted by molar-refractivity contribution is 8.00. The minimum Gasteiger partial charge on any atom is -0.484 e. The molecule has 1 saturated heterocycles. The smallest absolute Gasteiger partial charge is 0.325 e. The molecule has 158 valence electrons. The fraction of sp³-hybridized carbons (Fsp3) is 0.450. The highest BCUT2D eigenvalue weighted by atomic mass is 32.2. The molecule has 8 nitrogen and oxygen atoms in total. The molecule has 1 aromatic rings. The number of β-lactam (4-membered cyclic amide) rings is 1. The maximum atomic E-state index is 12.5. The van der Waals surface area contributed by atoms with Crippen molar-refractivity contribution >= 4 is 29.7 Å². The number of nitrogens with zero attached hydrogens (tertiary/aromatic N) is 1. The molecule has 2 N–H and O–H groups in total. The predicted octanol–water partition coefficient (Wildman–Crippen LogP) is 1.49. The minimum atomic E-state index is -0.741. The zero-order valence-corrected chi connectivity index (χ0v) is 17.7. The van der Waals surface area contributed by atoms with Gasteiger partial charge in [0.25, 0.3) is 5.91 Å². The van der Waals surface area contributed by atoms with E-state index in [1.807, 2.05) is 30.5 Å². The molecule has 2 rings (SSSR count). The van der Waals surface area contributed by atoms with Crippen LogP contribution >= 0.6 is 11.9 Å². The molecule has 0 saturated carbocycles. The lowest BCUT2D eigenvalue weighted by Gasteiger charge is -2.47. The largest absolute Gasteiger partial charge is 0.484 e. The van der Waals surface area contributed by atoms with E-state index in [2.05, 4.69) is 21.7 Å². The highest BCUT2D eigenvalue weighted by Crippen LogP contribution is 2.27. The van der Waals surface area contributed by atoms with E-state index in [1.54, 1.807) is 12.1 Å². The number of carbonyl (C=O) groups excluding carboxylic acids is 3. The number of likely N-dealkylation sites (tertiary alicyclic amines) is 1. The lowest BCUT2D eigenvalue weighted by molar-refractivity contribution is -0.159. The molecule has 0 radical (unpaired) electrons. The molecule has 1 fully saturated rings. The zero-order chi connectivity index (χ0) is 21.2. The summed E-state index contributed by atoms with van der Waals surface area (Å²) >= 11 is 1.42. The summed E-state index contributed by atoms with van der Waals surface area (Å²) in [6.07, 6.45) is 0.996. The second-order valence-electron chi connectivity index (χ2n) is 6.51. The molecule has 2 unspecified atom stereocenters. The number of hydrogen-bond acceptors (Lipinski definition) is 7. The van der Waals surface area contributed by atoms with Crippen molar-refractivity contribution in [1.82, 2.24) is 14.9 Å². The van der Waals surface area contributed by atoms with E-state index in [0.717, 1.165) is 18.5 Å². The number of ether oxygens (including phenoxy) is 2. The van der Waals surface area contributed by atoms with Gasteiger partial charge in [0.05, 0.1) is 13.2 Å². The molecular formula is C20H27N3O5S. The molecule has 0 aromatic heterocycles. The summed E-state index contributed by atoms with van der Waals surface area (Å²) in [6.45, 7) is 4.41. The summed E-state index contributed by atoms with van der Waals surface area (Å²) in [7, 11) is 1.27. The van der Waals surface area contributed by atoms with Crippen molar-refractivity contribution in [1.29, 1.82) is 0 Å². The lowest BCUT2D eigenvalue weighted by atomic mass is 9.89. The third-order valence-corrected chi connectivity index (χ3v) is 5.16. The van der Waals surface area contributed by atoms with Crippen LogP contribution in [0.15, 0.2) is 41.3 Å². The van der Waals surface area contributed by atoms with Crippen LogP contribution in [0.3, 0.4) is 0 Å². The van der Waals surface area contributed by atoms with Gasteiger partial charge in [-0.2, -0.15) is 0 Å². The van der Waals surface area contributed by atoms with Crippen LogP contribution in [-0.2, 0) is 19.1 Å². The molecule has 0 aliphatic carbocycles. The molecule has 0 spiro atoms. The van der Waals surface area contributed by atoms with Crippen molar-refractivity contribution in [2.24, 2.45) is 0 Å². The SMILES string of the molecule is CCCNSC=C(C)C1C(NC(=O)COc2ccccc2)C(=O)N1CC(=O)OC. The van der Waals surface area contributed by atoms with Gasteiger partial charge in [-0.05, 0) is 36.5 Å². The first kappa shape index (κ1) is 22.8. The second-order valence-corrected chi connectivity index (χ2v) is 7.27. The Morgan fingerprint density at radius 2 is 2.00 bits per heavy atom. The van der Waals surface area contributed by atoms with Gasteiger partial charge in [0.15, 0.2) is 6.61 Å². The third kappa shape index (κ3) is 6.50. The van der Waals surface area contributed by atoms with Crippen LogP contribution in [0.4, 0.5) is 0 Å². The van der Waals surface area contributed by atoms with Gasteiger partial charge < -0.3 is 19.7 Å². The number of carbonyl (C=O) groups is 3. The normalized spacial score (nSPS) is 18.8. The molecule has 9 heteroatoms. The van der Waals surface area contributed by atoms with Crippen LogP contribution in [0.1, 0.15) is 20.3 Å². The van der Waals surface area contributed by atoms with Gasteiger partial charge in [-0.1, -0.05) is 37.1 Å². The first-order valence-corrected chi connectivity index (χ1v) is 10.3. The van der Waals surface area contributed by atoms with Crippen LogP contribution < -0.4 is 14.8 Å². The van der Waals surface area contributed by atoms with Gasteiger partial charge >= 0.3 is 5.97 Å². The van der Waals surface area contributed by atoms with Crippen molar-refractivity contribution in [2.45, 2.75) is 32.4 Å². The van der Waals surface area contributed by atoms with E-state index < -0.39 is 24.0 Å². The van der Waals surface area contributed by atoms with Crippen molar-refractivity contribution < 1.29 is 23.9 Å². The fourth-order valence-corrected chi connectivity index (χ4v) is 3.55. The molecule has 1 aliphatic heterocycles. The van der Waals surface area contributed by atoms with Crippen molar-refractivity contribution in [3.05, 3.63) is 41.3 Å². The Labute approximate surface area is 175 Å². The number of rotatable bonds is 11. The third-order valence-electron chi connectivity index (χ3n) is 4.30. The fourth-order valence-electron chi connectivity index (χ4n) is 2.82. The lowest BCUT2D eigenvalue weighted by Crippen LogP contribution is -2.72. The molecule has 2 amide bonds. The number of hydrogen-bond donors (Lipinski definition) is 2. The predicted molar refractivity (Wildman–Crippen MR) is 111 cm³/mol. The van der Waals surface area contributed by atoms with Gasteiger partial charge in [-0.3, -0.25) is 19.1 Å². The number of benzene rings is 1. The molecule has 0 bridgehead atoms. The molecule has 2 atom stereocenters. The Morgan fingerprint density at radius 1 is 1.28 bits per heavy atom. The molecule has 1 heterocycles. The van der Waals surface area contributed by atoms with Gasteiger partial charge in [0, 0.05) is 6.54 Å². The number of amides is 2. The Kier molecular flexibility index (Phi) is 9.01. The van der Waals surface area contributed by atoms with Gasteiger partial charge in [0.1, 0.15) is 18.3 Å². The molecule has 1 aromatic carbocycles. The Morgan fingerprint density at radius 3 is 2.66 bits per heavy atom. The summed E-state index contributed by atoms with van der Waals surface area (Å²) in [6, 6.07) is 7.80. The summed E-state index contributed by atoms with van der Waals surface area (Å²) in [5, 5.41) is 4.60. The van der Waals surface area contributed by atoms with Crippen molar-refractivity contribution in [3.63, 3.8) is 0 Å². The van der Waals surface area contributed by atoms with E-state index in [4.69, 9.17) is 4.74 Å². The van der Waals surface area contributed by atoms with Crippen LogP contribution in [0.2, 0.25) is 0 Å². The number of nitrogens with one attached hydrogen (secondary N) is 2. The van der Waals surface area contributed by atoms with Crippen molar-refractivity contribution in [3.8, 4) is 5.75 Å². The van der Waals surface area contributed by atoms with Crippen LogP contribution in [0.25, 0.3) is 0 Å². The topological polar surface area (TPSA) is 97.0 Å². The summed E-state index contributed by atoms with van der Waals surface area (Å²) < 4.78 is 13.3. The average Bonchev–Trinajstić information content (AvgIpc) is 2.74. The van der Waals surface area contributed by atoms with Gasteiger partial charge in [-0.15, -0.1) is 0 Å². The monoisotopic (exact) mass is 421 g/mol. The Bertz CT molecular complexity index is 741. The Balaban J connectivity index is 1.99. The minimum absolute atomic E-state index is 0.162. The molecule has 29 heavy (non-hydrogen) atoms. The highest BCUT2D eigenvalue weighted by Gasteiger charge is 2.49. The van der Waals surface area contributed by atoms with E-state index in [9.17, 15) is 14.4 Å². The van der Waals surface area contributed by atoms with E-state index >= 15 is 0 Å². The molecular weight excluding hydrogens is 394 g/mol. The number of esters is 1. The Hall–Kier alpha value is -2.52. The van der Waals surface area contributed by atoms with Crippen LogP contribution in [0.5, 0.6) is 5.75 Å². The van der Waals surface area contributed by atoms with Crippen LogP contribution in [0, 0.1) is 0 Å². The maximum absolute atomic E-state index is 12.5. The average molecular weight is 422 g/mol. The summed E-state index contributed by atoms with van der Waals surface area (Å²) in [4.78, 5) is 37.9. The van der Waals surface area contributed by atoms with E-state index in [0.29, 0.717) is 5.75 Å². The maximum Gasteiger partial charge on any atom is 0.325 e. The van der Waals surface area contributed by atoms with E-state index in [-0.39, 0.29) is 19.1 Å². The van der Waals surface area contributed by atoms with E-state index in [1.165, 1.54) is 24.0 Å². The zero-order valence-electron chi connectivity index (χ0n) is 16.8. The molecule has 1 aliphatic rings. The quantitative estimate of drug-likeness (QED) is 0.242. The van der Waals surface area contributed by atoms with Crippen molar-refractivity contribution in [2.75, 3.05) is 26.8 Å². The van der Waals surface area contributed by atoms with Gasteiger partial charge in [-0.25, -0.2) is 0 Å². The first-order chi connectivity index (χ1) is 14.0.